The molecule has 0 spiro atoms. The highest BCUT2D eigenvalue weighted by Gasteiger charge is 2.46. The second-order valence-electron chi connectivity index (χ2n) is 16.9. The average Bonchev–Trinajstić information content (AvgIpc) is 3.31. The van der Waals surface area contributed by atoms with Crippen LogP contribution in [0.15, 0.2) is 224 Å². The molecule has 2 unspecified atom stereocenters. The van der Waals surface area contributed by atoms with Gasteiger partial charge in [0.25, 0.3) is 0 Å². The fourth-order valence-corrected chi connectivity index (χ4v) is 15.4. The summed E-state index contributed by atoms with van der Waals surface area (Å²) in [4.78, 5) is 2.62. The lowest BCUT2D eigenvalue weighted by molar-refractivity contribution is 0.333. The van der Waals surface area contributed by atoms with Gasteiger partial charge in [-0.15, -0.1) is 0 Å². The van der Waals surface area contributed by atoms with Crippen molar-refractivity contribution in [1.29, 1.82) is 0 Å². The first-order chi connectivity index (χ1) is 29.0. The van der Waals surface area contributed by atoms with Crippen molar-refractivity contribution in [2.45, 2.75) is 25.3 Å². The Labute approximate surface area is 348 Å². The zero-order chi connectivity index (χ0) is 39.6. The number of allylic oxidation sites excluding steroid dienone is 2. The van der Waals surface area contributed by atoms with Crippen molar-refractivity contribution in [3.8, 4) is 0 Å². The fourth-order valence-electron chi connectivity index (χ4n) is 10.6. The standard InChI is InChI=1S/C57H45NSi/c1-57(2)53-37-41(40-20-19-29-46(36-40)59(43-23-9-4-10-24-43,44-25-11-5-12-26-44)45-27-13-6-14-28-45)34-35-55(53)58(42-21-7-3-8-22-42)56-39-52-50-33-18-16-31-48(50)47-30-15-17-32-49(47)51(52)38-54(56)57/h3-39,53,55H,1-2H3. The van der Waals surface area contributed by atoms with Gasteiger partial charge >= 0.3 is 0 Å². The molecule has 0 aromatic heterocycles. The summed E-state index contributed by atoms with van der Waals surface area (Å²) in [5.41, 5.74) is 6.28. The SMILES string of the molecule is CC1(C)c2cc3c4ccccc4c4ccccc4c3cc2N(c2ccccc2)C2C=CC(c3cccc([Si](c4ccccc4)(c4ccccc4)c4ccccc4)c3)=CC21. The Morgan fingerprint density at radius 1 is 0.441 bits per heavy atom. The zero-order valence-electron chi connectivity index (χ0n) is 33.5. The lowest BCUT2D eigenvalue weighted by Gasteiger charge is -2.51. The Kier molecular flexibility index (Phi) is 8.39. The van der Waals surface area contributed by atoms with Gasteiger partial charge in [-0.25, -0.2) is 0 Å². The van der Waals surface area contributed by atoms with Crippen molar-refractivity contribution in [1.82, 2.24) is 0 Å². The van der Waals surface area contributed by atoms with Crippen LogP contribution in [0.4, 0.5) is 11.4 Å². The van der Waals surface area contributed by atoms with E-state index in [1.54, 1.807) is 0 Å². The molecule has 1 heterocycles. The van der Waals surface area contributed by atoms with E-state index in [1.807, 2.05) is 0 Å². The van der Waals surface area contributed by atoms with Gasteiger partial charge in [0, 0.05) is 22.7 Å². The van der Waals surface area contributed by atoms with Gasteiger partial charge in [0.05, 0.1) is 6.04 Å². The Morgan fingerprint density at radius 3 is 1.44 bits per heavy atom. The Morgan fingerprint density at radius 2 is 0.898 bits per heavy atom. The molecule has 0 bridgehead atoms. The number of rotatable bonds is 6. The molecule has 11 rings (SSSR count). The predicted molar refractivity (Wildman–Crippen MR) is 255 cm³/mol. The summed E-state index contributed by atoms with van der Waals surface area (Å²) < 4.78 is 0. The van der Waals surface area contributed by atoms with Crippen molar-refractivity contribution in [2.75, 3.05) is 4.90 Å². The molecule has 0 N–H and O–H groups in total. The summed E-state index contributed by atoms with van der Waals surface area (Å²) in [6.45, 7) is 4.95. The van der Waals surface area contributed by atoms with E-state index < -0.39 is 8.07 Å². The van der Waals surface area contributed by atoms with Crippen LogP contribution in [0.5, 0.6) is 0 Å². The van der Waals surface area contributed by atoms with Gasteiger partial charge in [-0.3, -0.25) is 0 Å². The van der Waals surface area contributed by atoms with Crippen LogP contribution in [-0.2, 0) is 5.41 Å². The molecule has 2 heteroatoms. The highest BCUT2D eigenvalue weighted by molar-refractivity contribution is 7.19. The van der Waals surface area contributed by atoms with Gasteiger partial charge in [-0.05, 0) is 94.0 Å². The number of anilines is 2. The van der Waals surface area contributed by atoms with E-state index >= 15 is 0 Å². The third-order valence-electron chi connectivity index (χ3n) is 13.4. The van der Waals surface area contributed by atoms with Gasteiger partial charge in [0.15, 0.2) is 8.07 Å². The second kappa shape index (κ2) is 14.0. The van der Waals surface area contributed by atoms with Gasteiger partial charge in [0.2, 0.25) is 0 Å². The zero-order valence-corrected chi connectivity index (χ0v) is 34.5. The molecule has 0 radical (unpaired) electrons. The van der Waals surface area contributed by atoms with Crippen LogP contribution in [0.1, 0.15) is 25.0 Å². The molecule has 0 saturated carbocycles. The third kappa shape index (κ3) is 5.51. The molecule has 1 aliphatic carbocycles. The first-order valence-electron chi connectivity index (χ1n) is 20.9. The van der Waals surface area contributed by atoms with Crippen molar-refractivity contribution < 1.29 is 0 Å². The van der Waals surface area contributed by atoms with Crippen LogP contribution < -0.4 is 25.6 Å². The van der Waals surface area contributed by atoms with E-state index in [2.05, 4.69) is 243 Å². The van der Waals surface area contributed by atoms with Crippen molar-refractivity contribution in [3.05, 3.63) is 236 Å². The molecule has 2 atom stereocenters. The van der Waals surface area contributed by atoms with Gasteiger partial charge in [0.1, 0.15) is 0 Å². The summed E-state index contributed by atoms with van der Waals surface area (Å²) in [7, 11) is -2.69. The van der Waals surface area contributed by atoms with Crippen LogP contribution in [0.2, 0.25) is 0 Å². The molecule has 59 heavy (non-hydrogen) atoms. The molecule has 1 nitrogen and oxygen atoms in total. The summed E-state index contributed by atoms with van der Waals surface area (Å²) in [5.74, 6) is 0.211. The summed E-state index contributed by atoms with van der Waals surface area (Å²) in [6.07, 6.45) is 7.49. The maximum atomic E-state index is 2.62. The summed E-state index contributed by atoms with van der Waals surface area (Å²) >= 11 is 0. The molecule has 9 aromatic rings. The van der Waals surface area contributed by atoms with E-state index in [0.717, 1.165) is 0 Å². The molecule has 282 valence electrons. The van der Waals surface area contributed by atoms with Crippen molar-refractivity contribution in [2.24, 2.45) is 5.92 Å². The van der Waals surface area contributed by atoms with Crippen LogP contribution in [0.3, 0.4) is 0 Å². The van der Waals surface area contributed by atoms with Crippen LogP contribution in [0, 0.1) is 5.92 Å². The predicted octanol–water partition coefficient (Wildman–Crippen LogP) is 11.6. The summed E-state index contributed by atoms with van der Waals surface area (Å²) in [6, 6.07) is 77.3. The molecular formula is C57H45NSi. The van der Waals surface area contributed by atoms with E-state index in [0.29, 0.717) is 0 Å². The first kappa shape index (κ1) is 35.4. The molecule has 0 amide bonds. The molecule has 2 aliphatic rings. The Bertz CT molecular complexity index is 2980. The maximum absolute atomic E-state index is 2.69. The van der Waals surface area contributed by atoms with Crippen LogP contribution in [0.25, 0.3) is 37.9 Å². The Hall–Kier alpha value is -6.74. The smallest absolute Gasteiger partial charge is 0.179 e. The number of nitrogens with zero attached hydrogens (tertiary/aromatic N) is 1. The topological polar surface area (TPSA) is 3.24 Å². The normalized spacial score (nSPS) is 17.1. The number of benzene rings is 9. The van der Waals surface area contributed by atoms with Crippen molar-refractivity contribution in [3.63, 3.8) is 0 Å². The number of fused-ring (bicyclic) bond motifs is 8. The van der Waals surface area contributed by atoms with Gasteiger partial charge in [-0.1, -0.05) is 214 Å². The second-order valence-corrected chi connectivity index (χ2v) is 20.7. The molecule has 9 aromatic carbocycles. The van der Waals surface area contributed by atoms with Crippen LogP contribution >= 0.6 is 0 Å². The number of hydrogen-bond acceptors (Lipinski definition) is 1. The van der Waals surface area contributed by atoms with E-state index in [4.69, 9.17) is 0 Å². The lowest BCUT2D eigenvalue weighted by Crippen LogP contribution is -2.74. The lowest BCUT2D eigenvalue weighted by atomic mass is 9.63. The summed E-state index contributed by atoms with van der Waals surface area (Å²) in [5, 5.41) is 13.4. The molecule has 1 aliphatic heterocycles. The quantitative estimate of drug-likeness (QED) is 0.0924. The minimum Gasteiger partial charge on any atom is -0.334 e. The molecule has 0 saturated heterocycles. The van der Waals surface area contributed by atoms with Gasteiger partial charge < -0.3 is 4.90 Å². The maximum Gasteiger partial charge on any atom is 0.179 e. The van der Waals surface area contributed by atoms with Crippen LogP contribution in [-0.4, -0.2) is 14.1 Å². The third-order valence-corrected chi connectivity index (χ3v) is 18.2. The van der Waals surface area contributed by atoms with E-state index in [9.17, 15) is 0 Å². The number of para-hydroxylation sites is 1. The van der Waals surface area contributed by atoms with E-state index in [1.165, 1.54) is 81.1 Å². The highest BCUT2D eigenvalue weighted by atomic mass is 28.3. The van der Waals surface area contributed by atoms with Gasteiger partial charge in [-0.2, -0.15) is 0 Å². The average molecular weight is 772 g/mol. The van der Waals surface area contributed by atoms with E-state index in [-0.39, 0.29) is 17.4 Å². The first-order valence-corrected chi connectivity index (χ1v) is 22.9. The minimum atomic E-state index is -2.69. The number of hydrogen-bond donors (Lipinski definition) is 0. The fraction of sp³-hybridized carbons (Fsp3) is 0.0877. The molecule has 0 fully saturated rings. The Balaban J connectivity index is 1.11. The molecular weight excluding hydrogens is 727 g/mol. The monoisotopic (exact) mass is 771 g/mol. The largest absolute Gasteiger partial charge is 0.334 e. The highest BCUT2D eigenvalue weighted by Crippen LogP contribution is 2.54. The van der Waals surface area contributed by atoms with Crippen molar-refractivity contribution >= 4 is 78.1 Å². The minimum absolute atomic E-state index is 0.141.